The molecule has 1 saturated heterocycles. The Balaban J connectivity index is 1.49. The number of amides is 2. The molecule has 2 aromatic rings. The molecule has 0 spiro atoms. The molecule has 158 valence electrons. The van der Waals surface area contributed by atoms with Gasteiger partial charge in [-0.1, -0.05) is 6.07 Å². The zero-order valence-corrected chi connectivity index (χ0v) is 17.0. The number of hydrogen-bond donors (Lipinski definition) is 2. The number of anilines is 3. The van der Waals surface area contributed by atoms with Crippen LogP contribution in [0.1, 0.15) is 17.5 Å². The zero-order valence-electron chi connectivity index (χ0n) is 17.0. The number of aryl methyl sites for hydroxylation is 1. The molecule has 2 aliphatic rings. The van der Waals surface area contributed by atoms with Gasteiger partial charge in [0.15, 0.2) is 0 Å². The van der Waals surface area contributed by atoms with Crippen molar-refractivity contribution in [2.75, 3.05) is 42.2 Å². The Morgan fingerprint density at radius 2 is 1.97 bits per heavy atom. The Kier molecular flexibility index (Phi) is 5.32. The highest BCUT2D eigenvalue weighted by Gasteiger charge is 2.30. The van der Waals surface area contributed by atoms with Gasteiger partial charge in [0.05, 0.1) is 0 Å². The third-order valence-electron chi connectivity index (χ3n) is 5.75. The van der Waals surface area contributed by atoms with E-state index in [9.17, 15) is 18.4 Å². The van der Waals surface area contributed by atoms with Crippen LogP contribution in [0.2, 0.25) is 0 Å². The second-order valence-electron chi connectivity index (χ2n) is 7.86. The zero-order chi connectivity index (χ0) is 21.4. The lowest BCUT2D eigenvalue weighted by molar-refractivity contribution is -0.129. The van der Waals surface area contributed by atoms with Gasteiger partial charge in [-0.3, -0.25) is 9.59 Å². The Bertz CT molecular complexity index is 980. The van der Waals surface area contributed by atoms with Crippen molar-refractivity contribution in [2.24, 2.45) is 0 Å². The minimum absolute atomic E-state index is 0.0526. The molecule has 6 nitrogen and oxygen atoms in total. The van der Waals surface area contributed by atoms with Crippen molar-refractivity contribution in [1.82, 2.24) is 4.90 Å². The minimum Gasteiger partial charge on any atom is -0.373 e. The van der Waals surface area contributed by atoms with Crippen LogP contribution < -0.4 is 15.5 Å². The first kappa shape index (κ1) is 20.1. The van der Waals surface area contributed by atoms with Gasteiger partial charge in [-0.15, -0.1) is 0 Å². The Morgan fingerprint density at radius 3 is 2.73 bits per heavy atom. The maximum atomic E-state index is 14.3. The molecule has 4 rings (SSSR count). The molecule has 2 N–H and O–H groups in total. The predicted octanol–water partition coefficient (Wildman–Crippen LogP) is 2.92. The smallest absolute Gasteiger partial charge is 0.247 e. The van der Waals surface area contributed by atoms with E-state index in [1.165, 1.54) is 18.2 Å². The second-order valence-corrected chi connectivity index (χ2v) is 7.86. The molecular weight excluding hydrogens is 390 g/mol. The summed E-state index contributed by atoms with van der Waals surface area (Å²) in [6, 6.07) is 6.79. The number of fused-ring (bicyclic) bond motifs is 1. The van der Waals surface area contributed by atoms with Crippen LogP contribution in [0.4, 0.5) is 25.8 Å². The van der Waals surface area contributed by atoms with E-state index in [4.69, 9.17) is 0 Å². The predicted molar refractivity (Wildman–Crippen MR) is 112 cm³/mol. The van der Waals surface area contributed by atoms with Crippen molar-refractivity contribution < 1.29 is 18.4 Å². The number of benzene rings is 2. The fraction of sp³-hybridized carbons (Fsp3) is 0.364. The van der Waals surface area contributed by atoms with E-state index >= 15 is 0 Å². The number of carbonyl (C=O) groups is 2. The largest absolute Gasteiger partial charge is 0.373 e. The number of likely N-dealkylation sites (N-methyl/N-ethyl adjacent to an activating group) is 1. The molecular formula is C22H24F2N4O2. The Labute approximate surface area is 173 Å². The van der Waals surface area contributed by atoms with Crippen LogP contribution in [-0.4, -0.2) is 49.4 Å². The topological polar surface area (TPSA) is 64.7 Å². The third kappa shape index (κ3) is 3.94. The van der Waals surface area contributed by atoms with Crippen molar-refractivity contribution in [3.8, 4) is 0 Å². The first-order chi connectivity index (χ1) is 14.3. The summed E-state index contributed by atoms with van der Waals surface area (Å²) in [6.07, 6.45) is 0.585. The van der Waals surface area contributed by atoms with Gasteiger partial charge in [0.2, 0.25) is 11.8 Å². The SMILES string of the molecule is Cc1ccc(F)c2c1NC(C(=O)Nc1cc(F)cc(N3CCC(=O)N(C)CC3)c1)C2. The summed E-state index contributed by atoms with van der Waals surface area (Å²) in [5, 5.41) is 5.82. The molecule has 30 heavy (non-hydrogen) atoms. The van der Waals surface area contributed by atoms with Gasteiger partial charge in [0.1, 0.15) is 17.7 Å². The van der Waals surface area contributed by atoms with Crippen molar-refractivity contribution >= 4 is 28.9 Å². The van der Waals surface area contributed by atoms with Crippen LogP contribution in [-0.2, 0) is 16.0 Å². The fourth-order valence-electron chi connectivity index (χ4n) is 3.97. The second kappa shape index (κ2) is 7.93. The van der Waals surface area contributed by atoms with Crippen LogP contribution in [0, 0.1) is 18.6 Å². The lowest BCUT2D eigenvalue weighted by atomic mass is 10.1. The van der Waals surface area contributed by atoms with Crippen molar-refractivity contribution in [3.63, 3.8) is 0 Å². The van der Waals surface area contributed by atoms with Gasteiger partial charge in [-0.25, -0.2) is 8.78 Å². The van der Waals surface area contributed by atoms with E-state index in [1.54, 1.807) is 24.1 Å². The fourth-order valence-corrected chi connectivity index (χ4v) is 3.97. The van der Waals surface area contributed by atoms with Crippen LogP contribution in [0.3, 0.4) is 0 Å². The lowest BCUT2D eigenvalue weighted by Gasteiger charge is -2.23. The molecule has 1 atom stereocenters. The molecule has 0 bridgehead atoms. The molecule has 0 saturated carbocycles. The van der Waals surface area contributed by atoms with Crippen LogP contribution >= 0.6 is 0 Å². The molecule has 1 fully saturated rings. The standard InChI is InChI=1S/C22H24F2N4O2/c1-13-3-4-18(24)17-12-19(26-21(13)17)22(30)25-15-9-14(23)10-16(11-15)28-6-5-20(29)27(2)7-8-28/h3-4,9-11,19,26H,5-8,12H2,1-2H3,(H,25,30). The van der Waals surface area contributed by atoms with Crippen LogP contribution in [0.15, 0.2) is 30.3 Å². The minimum atomic E-state index is -0.633. The molecule has 0 aromatic heterocycles. The van der Waals surface area contributed by atoms with E-state index in [1.807, 2.05) is 11.8 Å². The summed E-state index contributed by atoms with van der Waals surface area (Å²) in [6.45, 7) is 3.47. The number of carbonyl (C=O) groups excluding carboxylic acids is 2. The van der Waals surface area contributed by atoms with Crippen LogP contribution in [0.25, 0.3) is 0 Å². The van der Waals surface area contributed by atoms with E-state index in [2.05, 4.69) is 10.6 Å². The van der Waals surface area contributed by atoms with Crippen molar-refractivity contribution in [3.05, 3.63) is 53.1 Å². The van der Waals surface area contributed by atoms with Gasteiger partial charge in [0.25, 0.3) is 0 Å². The first-order valence-electron chi connectivity index (χ1n) is 9.96. The third-order valence-corrected chi connectivity index (χ3v) is 5.75. The number of halogens is 2. The van der Waals surface area contributed by atoms with E-state index in [0.29, 0.717) is 48.7 Å². The summed E-state index contributed by atoms with van der Waals surface area (Å²) < 4.78 is 28.3. The lowest BCUT2D eigenvalue weighted by Crippen LogP contribution is -2.33. The number of nitrogens with zero attached hydrogens (tertiary/aromatic N) is 2. The van der Waals surface area contributed by atoms with Crippen molar-refractivity contribution in [1.29, 1.82) is 0 Å². The molecule has 0 aliphatic carbocycles. The molecule has 1 unspecified atom stereocenters. The molecule has 2 heterocycles. The number of hydrogen-bond acceptors (Lipinski definition) is 4. The van der Waals surface area contributed by atoms with Gasteiger partial charge >= 0.3 is 0 Å². The highest BCUT2D eigenvalue weighted by atomic mass is 19.1. The Hall–Kier alpha value is -3.16. The molecule has 8 heteroatoms. The van der Waals surface area contributed by atoms with Crippen LogP contribution in [0.5, 0.6) is 0 Å². The molecule has 2 aliphatic heterocycles. The maximum Gasteiger partial charge on any atom is 0.247 e. The molecule has 0 radical (unpaired) electrons. The first-order valence-corrected chi connectivity index (χ1v) is 9.96. The average Bonchev–Trinajstić information content (AvgIpc) is 3.10. The van der Waals surface area contributed by atoms with E-state index in [-0.39, 0.29) is 24.1 Å². The Morgan fingerprint density at radius 1 is 1.17 bits per heavy atom. The normalized spacial score (nSPS) is 18.7. The average molecular weight is 414 g/mol. The van der Waals surface area contributed by atoms with Crippen molar-refractivity contribution in [2.45, 2.75) is 25.8 Å². The molecule has 2 amide bonds. The summed E-state index contributed by atoms with van der Waals surface area (Å²) in [7, 11) is 1.75. The summed E-state index contributed by atoms with van der Waals surface area (Å²) in [5.41, 5.74) is 2.95. The highest BCUT2D eigenvalue weighted by Crippen LogP contribution is 2.32. The quantitative estimate of drug-likeness (QED) is 0.811. The highest BCUT2D eigenvalue weighted by molar-refractivity contribution is 5.98. The van der Waals surface area contributed by atoms with E-state index in [0.717, 1.165) is 5.56 Å². The maximum absolute atomic E-state index is 14.3. The number of nitrogens with one attached hydrogen (secondary N) is 2. The monoisotopic (exact) mass is 414 g/mol. The van der Waals surface area contributed by atoms with Gasteiger partial charge < -0.3 is 20.4 Å². The van der Waals surface area contributed by atoms with Gasteiger partial charge in [-0.05, 0) is 36.8 Å². The van der Waals surface area contributed by atoms with Gasteiger partial charge in [0, 0.05) is 62.1 Å². The summed E-state index contributed by atoms with van der Waals surface area (Å²) >= 11 is 0. The molecule has 2 aromatic carbocycles. The summed E-state index contributed by atoms with van der Waals surface area (Å²) in [4.78, 5) is 28.2. The van der Waals surface area contributed by atoms with E-state index < -0.39 is 11.9 Å². The van der Waals surface area contributed by atoms with Gasteiger partial charge in [-0.2, -0.15) is 0 Å². The number of rotatable bonds is 3. The summed E-state index contributed by atoms with van der Waals surface area (Å²) in [5.74, 6) is -1.12.